The van der Waals surface area contributed by atoms with E-state index in [1.165, 1.54) is 0 Å². The second-order valence-electron chi connectivity index (χ2n) is 4.85. The van der Waals surface area contributed by atoms with Crippen molar-refractivity contribution < 1.29 is 9.59 Å². The van der Waals surface area contributed by atoms with E-state index in [0.717, 1.165) is 21.0 Å². The summed E-state index contributed by atoms with van der Waals surface area (Å²) >= 11 is 1.61. The molecule has 0 aliphatic carbocycles. The number of aromatic nitrogens is 1. The summed E-state index contributed by atoms with van der Waals surface area (Å²) in [7, 11) is 0. The maximum absolute atomic E-state index is 12.1. The highest BCUT2D eigenvalue weighted by Crippen LogP contribution is 2.22. The van der Waals surface area contributed by atoms with Gasteiger partial charge in [-0.3, -0.25) is 14.6 Å². The number of aryl methyl sites for hydroxylation is 2. The first kappa shape index (κ1) is 15.4. The van der Waals surface area contributed by atoms with Crippen LogP contribution in [0, 0.1) is 13.8 Å². The van der Waals surface area contributed by atoms with Crippen molar-refractivity contribution in [2.24, 2.45) is 0 Å². The molecule has 1 amide bonds. The summed E-state index contributed by atoms with van der Waals surface area (Å²) in [6.07, 6.45) is 2.14. The van der Waals surface area contributed by atoms with Crippen molar-refractivity contribution in [2.75, 3.05) is 0 Å². The second-order valence-corrected chi connectivity index (χ2v) is 6.31. The van der Waals surface area contributed by atoms with Gasteiger partial charge in [0.25, 0.3) is 0 Å². The average Bonchev–Trinajstić information content (AvgIpc) is 2.82. The summed E-state index contributed by atoms with van der Waals surface area (Å²) in [5, 5.41) is 2.77. The summed E-state index contributed by atoms with van der Waals surface area (Å²) in [5.74, 6) is -0.0940. The van der Waals surface area contributed by atoms with Crippen LogP contribution in [0.3, 0.4) is 0 Å². The van der Waals surface area contributed by atoms with Crippen LogP contribution in [0.15, 0.2) is 30.5 Å². The Hall–Kier alpha value is -2.01. The third-order valence-electron chi connectivity index (χ3n) is 3.11. The van der Waals surface area contributed by atoms with Crippen molar-refractivity contribution in [1.82, 2.24) is 10.3 Å². The first-order valence-electron chi connectivity index (χ1n) is 6.83. The van der Waals surface area contributed by atoms with E-state index in [1.807, 2.05) is 38.1 Å². The van der Waals surface area contributed by atoms with Gasteiger partial charge in [-0.1, -0.05) is 6.07 Å². The van der Waals surface area contributed by atoms with Crippen molar-refractivity contribution in [3.63, 3.8) is 0 Å². The zero-order valence-electron chi connectivity index (χ0n) is 12.2. The van der Waals surface area contributed by atoms with Crippen LogP contribution in [0.5, 0.6) is 0 Å². The fourth-order valence-electron chi connectivity index (χ4n) is 2.05. The van der Waals surface area contributed by atoms with Gasteiger partial charge in [-0.15, -0.1) is 11.3 Å². The first-order valence-corrected chi connectivity index (χ1v) is 7.65. The topological polar surface area (TPSA) is 59.1 Å². The smallest absolute Gasteiger partial charge is 0.220 e. The zero-order valence-corrected chi connectivity index (χ0v) is 13.0. The Labute approximate surface area is 128 Å². The van der Waals surface area contributed by atoms with E-state index in [2.05, 4.69) is 10.3 Å². The predicted octanol–water partition coefficient (Wildman–Crippen LogP) is 3.04. The summed E-state index contributed by atoms with van der Waals surface area (Å²) in [6.45, 7) is 4.31. The molecule has 4 nitrogen and oxygen atoms in total. The maximum Gasteiger partial charge on any atom is 0.220 e. The van der Waals surface area contributed by atoms with Crippen molar-refractivity contribution in [2.45, 2.75) is 33.2 Å². The number of hydrogen-bond acceptors (Lipinski definition) is 4. The summed E-state index contributed by atoms with van der Waals surface area (Å²) < 4.78 is 0. The number of pyridine rings is 1. The minimum atomic E-state index is -0.126. The molecule has 0 aliphatic heterocycles. The number of nitrogens with one attached hydrogen (secondary N) is 1. The molecule has 2 aromatic heterocycles. The van der Waals surface area contributed by atoms with Crippen molar-refractivity contribution >= 4 is 23.0 Å². The Bertz CT molecular complexity index is 635. The molecular weight excluding hydrogens is 284 g/mol. The molecule has 0 atom stereocenters. The third kappa shape index (κ3) is 4.49. The molecule has 110 valence electrons. The average molecular weight is 302 g/mol. The SMILES string of the molecule is Cc1cc(C(=O)CCC(=O)NCc2ccccn2)c(C)s1. The predicted molar refractivity (Wildman–Crippen MR) is 83.4 cm³/mol. The Morgan fingerprint density at radius 3 is 2.67 bits per heavy atom. The largest absolute Gasteiger partial charge is 0.350 e. The molecule has 0 spiro atoms. The molecule has 5 heteroatoms. The molecule has 1 N–H and O–H groups in total. The molecule has 21 heavy (non-hydrogen) atoms. The van der Waals surface area contributed by atoms with Crippen LogP contribution in [0.2, 0.25) is 0 Å². The summed E-state index contributed by atoms with van der Waals surface area (Å²) in [6, 6.07) is 7.45. The fraction of sp³-hybridized carbons (Fsp3) is 0.312. The summed E-state index contributed by atoms with van der Waals surface area (Å²) in [4.78, 5) is 30.1. The molecule has 2 rings (SSSR count). The number of Topliss-reactive ketones (excluding diaryl/α,β-unsaturated/α-hetero) is 1. The number of carbonyl (C=O) groups is 2. The van der Waals surface area contributed by atoms with Gasteiger partial charge >= 0.3 is 0 Å². The normalized spacial score (nSPS) is 10.4. The van der Waals surface area contributed by atoms with Crippen LogP contribution >= 0.6 is 11.3 Å². The molecule has 2 aromatic rings. The van der Waals surface area contributed by atoms with Crippen LogP contribution < -0.4 is 5.32 Å². The first-order chi connectivity index (χ1) is 10.1. The highest BCUT2D eigenvalue weighted by atomic mass is 32.1. The standard InChI is InChI=1S/C16H18N2O2S/c1-11-9-14(12(2)21-11)15(19)6-7-16(20)18-10-13-5-3-4-8-17-13/h3-5,8-9H,6-7,10H2,1-2H3,(H,18,20). The molecule has 0 saturated carbocycles. The van der Waals surface area contributed by atoms with Gasteiger partial charge in [0.1, 0.15) is 0 Å². The van der Waals surface area contributed by atoms with Crippen molar-refractivity contribution in [1.29, 1.82) is 0 Å². The number of rotatable bonds is 6. The number of thiophene rings is 1. The van der Waals surface area contributed by atoms with E-state index in [4.69, 9.17) is 0 Å². The lowest BCUT2D eigenvalue weighted by Gasteiger charge is -2.04. The van der Waals surface area contributed by atoms with Crippen LogP contribution in [-0.4, -0.2) is 16.7 Å². The van der Waals surface area contributed by atoms with Gasteiger partial charge < -0.3 is 5.32 Å². The van der Waals surface area contributed by atoms with Gasteiger partial charge in [0.15, 0.2) is 5.78 Å². The quantitative estimate of drug-likeness (QED) is 0.834. The number of carbonyl (C=O) groups excluding carboxylic acids is 2. The van der Waals surface area contributed by atoms with E-state index in [1.54, 1.807) is 17.5 Å². The molecule has 2 heterocycles. The second kappa shape index (κ2) is 7.13. The van der Waals surface area contributed by atoms with Crippen molar-refractivity contribution in [3.05, 3.63) is 51.5 Å². The van der Waals surface area contributed by atoms with Gasteiger partial charge in [0.2, 0.25) is 5.91 Å². The highest BCUT2D eigenvalue weighted by Gasteiger charge is 2.13. The van der Waals surface area contributed by atoms with Gasteiger partial charge in [0, 0.05) is 34.4 Å². The monoisotopic (exact) mass is 302 g/mol. The number of amides is 1. The lowest BCUT2D eigenvalue weighted by atomic mass is 10.1. The molecular formula is C16H18N2O2S. The van der Waals surface area contributed by atoms with E-state index in [9.17, 15) is 9.59 Å². The summed E-state index contributed by atoms with van der Waals surface area (Å²) in [5.41, 5.74) is 1.55. The van der Waals surface area contributed by atoms with Gasteiger partial charge in [-0.25, -0.2) is 0 Å². The molecule has 0 unspecified atom stereocenters. The molecule has 0 bridgehead atoms. The molecule has 0 aromatic carbocycles. The van der Waals surface area contributed by atoms with Crippen molar-refractivity contribution in [3.8, 4) is 0 Å². The van der Waals surface area contributed by atoms with Crippen LogP contribution in [0.4, 0.5) is 0 Å². The Morgan fingerprint density at radius 2 is 2.05 bits per heavy atom. The zero-order chi connectivity index (χ0) is 15.2. The number of ketones is 1. The molecule has 0 radical (unpaired) electrons. The lowest BCUT2D eigenvalue weighted by Crippen LogP contribution is -2.23. The van der Waals surface area contributed by atoms with E-state index in [-0.39, 0.29) is 24.5 Å². The minimum Gasteiger partial charge on any atom is -0.350 e. The van der Waals surface area contributed by atoms with E-state index < -0.39 is 0 Å². The molecule has 0 fully saturated rings. The highest BCUT2D eigenvalue weighted by molar-refractivity contribution is 7.12. The fourth-order valence-corrected chi connectivity index (χ4v) is 2.99. The van der Waals surface area contributed by atoms with E-state index >= 15 is 0 Å². The number of hydrogen-bond donors (Lipinski definition) is 1. The Balaban J connectivity index is 1.79. The van der Waals surface area contributed by atoms with E-state index in [0.29, 0.717) is 6.54 Å². The maximum atomic E-state index is 12.1. The van der Waals surface area contributed by atoms with Gasteiger partial charge in [0.05, 0.1) is 12.2 Å². The molecule has 0 aliphatic rings. The van der Waals surface area contributed by atoms with Crippen LogP contribution in [0.1, 0.15) is 38.6 Å². The minimum absolute atomic E-state index is 0.0323. The van der Waals surface area contributed by atoms with Crippen LogP contribution in [0.25, 0.3) is 0 Å². The molecule has 0 saturated heterocycles. The Morgan fingerprint density at radius 1 is 1.24 bits per heavy atom. The third-order valence-corrected chi connectivity index (χ3v) is 4.08. The number of nitrogens with zero attached hydrogens (tertiary/aromatic N) is 1. The van der Waals surface area contributed by atoms with Gasteiger partial charge in [-0.05, 0) is 32.0 Å². The van der Waals surface area contributed by atoms with Crippen LogP contribution in [-0.2, 0) is 11.3 Å². The Kier molecular flexibility index (Phi) is 5.22. The lowest BCUT2D eigenvalue weighted by molar-refractivity contribution is -0.121. The van der Waals surface area contributed by atoms with Gasteiger partial charge in [-0.2, -0.15) is 0 Å².